The molecular formula is C25H29F4N7O5. The molecule has 12 nitrogen and oxygen atoms in total. The largest absolute Gasteiger partial charge is 0.454 e. The number of nitrogens with one attached hydrogen (secondary N) is 1. The number of alkyl halides is 4. The number of carbonyl (C=O) groups is 3. The van der Waals surface area contributed by atoms with Crippen LogP contribution in [0.15, 0.2) is 28.8 Å². The first-order chi connectivity index (χ1) is 19.5. The summed E-state index contributed by atoms with van der Waals surface area (Å²) in [6, 6.07) is 2.60. The lowest BCUT2D eigenvalue weighted by molar-refractivity contribution is -0.136. The predicted molar refractivity (Wildman–Crippen MR) is 135 cm³/mol. The number of hydrogen-bond acceptors (Lipinski definition) is 7. The maximum absolute atomic E-state index is 13.3. The number of furan rings is 1. The van der Waals surface area contributed by atoms with Crippen molar-refractivity contribution in [1.82, 2.24) is 29.4 Å². The summed E-state index contributed by atoms with van der Waals surface area (Å²) in [5.41, 5.74) is -0.748. The summed E-state index contributed by atoms with van der Waals surface area (Å²) in [4.78, 5) is 40.9. The lowest BCUT2D eigenvalue weighted by atomic mass is 10.2. The van der Waals surface area contributed by atoms with Gasteiger partial charge in [-0.2, -0.15) is 10.2 Å². The average Bonchev–Trinajstić information content (AvgIpc) is 3.67. The van der Waals surface area contributed by atoms with Gasteiger partial charge in [0, 0.05) is 32.4 Å². The second-order valence-electron chi connectivity index (χ2n) is 9.27. The molecule has 1 aliphatic heterocycles. The van der Waals surface area contributed by atoms with Crippen molar-refractivity contribution >= 4 is 23.6 Å². The zero-order valence-corrected chi connectivity index (χ0v) is 22.5. The van der Waals surface area contributed by atoms with Gasteiger partial charge in [-0.05, 0) is 39.0 Å². The number of carbonyl (C=O) groups excluding carboxylic acids is 3. The number of aromatic nitrogens is 4. The van der Waals surface area contributed by atoms with Crippen molar-refractivity contribution in [1.29, 1.82) is 0 Å². The van der Waals surface area contributed by atoms with Crippen molar-refractivity contribution in [2.24, 2.45) is 0 Å². The quantitative estimate of drug-likeness (QED) is 0.377. The summed E-state index contributed by atoms with van der Waals surface area (Å²) in [6.45, 7) is 6.28. The van der Waals surface area contributed by atoms with Crippen molar-refractivity contribution in [3.8, 4) is 0 Å². The predicted octanol–water partition coefficient (Wildman–Crippen LogP) is 4.02. The van der Waals surface area contributed by atoms with E-state index >= 15 is 0 Å². The summed E-state index contributed by atoms with van der Waals surface area (Å²) < 4.78 is 64.9. The Morgan fingerprint density at radius 2 is 1.73 bits per heavy atom. The minimum atomic E-state index is -3.03. The Bertz CT molecular complexity index is 1390. The van der Waals surface area contributed by atoms with Crippen molar-refractivity contribution in [3.05, 3.63) is 53.0 Å². The Morgan fingerprint density at radius 1 is 1.05 bits per heavy atom. The fourth-order valence-electron chi connectivity index (χ4n) is 4.28. The fourth-order valence-corrected chi connectivity index (χ4v) is 4.28. The molecule has 0 saturated carbocycles. The van der Waals surface area contributed by atoms with E-state index in [9.17, 15) is 31.9 Å². The van der Waals surface area contributed by atoms with Crippen molar-refractivity contribution in [3.63, 3.8) is 0 Å². The van der Waals surface area contributed by atoms with Crippen LogP contribution in [0.5, 0.6) is 0 Å². The molecule has 0 spiro atoms. The van der Waals surface area contributed by atoms with E-state index in [-0.39, 0.29) is 30.6 Å². The summed E-state index contributed by atoms with van der Waals surface area (Å²) in [5.74, 6) is -0.983. The topological polar surface area (TPSA) is 128 Å². The monoisotopic (exact) mass is 583 g/mol. The van der Waals surface area contributed by atoms with Crippen LogP contribution in [-0.2, 0) is 16.1 Å². The van der Waals surface area contributed by atoms with Gasteiger partial charge in [0.05, 0.1) is 24.5 Å². The standard InChI is InChI=1S/C25H29F4N7O5/c1-4-40-25(39)34-9-7-33(8-10-34)24(38)15(3)35-13-18(14(2)31-35)30-23(37)20-6-5-16(41-20)12-36-19(22(28)29)11-17(32-36)21(26)27/h5-6,11,13,15,21-22H,4,7-10,12H2,1-3H3,(H,30,37). The minimum absolute atomic E-state index is 0.0515. The Kier molecular flexibility index (Phi) is 8.98. The second-order valence-corrected chi connectivity index (χ2v) is 9.27. The van der Waals surface area contributed by atoms with E-state index < -0.39 is 42.3 Å². The van der Waals surface area contributed by atoms with Crippen LogP contribution in [0, 0.1) is 6.92 Å². The van der Waals surface area contributed by atoms with E-state index in [1.54, 1.807) is 25.7 Å². The van der Waals surface area contributed by atoms with Gasteiger partial charge < -0.3 is 24.3 Å². The number of nitrogens with zero attached hydrogens (tertiary/aromatic N) is 6. The average molecular weight is 584 g/mol. The van der Waals surface area contributed by atoms with Gasteiger partial charge in [0.15, 0.2) is 5.76 Å². The molecule has 0 aromatic carbocycles. The molecule has 3 amide bonds. The van der Waals surface area contributed by atoms with Crippen LogP contribution >= 0.6 is 0 Å². The lowest BCUT2D eigenvalue weighted by Gasteiger charge is -2.35. The highest BCUT2D eigenvalue weighted by Gasteiger charge is 2.29. The smallest absolute Gasteiger partial charge is 0.409 e. The first-order valence-electron chi connectivity index (χ1n) is 12.8. The van der Waals surface area contributed by atoms with Gasteiger partial charge in [0.2, 0.25) is 5.91 Å². The van der Waals surface area contributed by atoms with Crippen molar-refractivity contribution < 1.29 is 41.1 Å². The van der Waals surface area contributed by atoms with E-state index in [1.165, 1.54) is 27.9 Å². The first kappa shape index (κ1) is 29.6. The van der Waals surface area contributed by atoms with Crippen molar-refractivity contribution in [2.45, 2.75) is 46.2 Å². The number of anilines is 1. The molecular weight excluding hydrogens is 554 g/mol. The molecule has 0 radical (unpaired) electrons. The minimum Gasteiger partial charge on any atom is -0.454 e. The van der Waals surface area contributed by atoms with Crippen LogP contribution < -0.4 is 5.32 Å². The molecule has 3 aromatic heterocycles. The normalized spacial score (nSPS) is 14.6. The number of halogens is 4. The number of piperazine rings is 1. The first-order valence-corrected chi connectivity index (χ1v) is 12.8. The van der Waals surface area contributed by atoms with Gasteiger partial charge in [-0.15, -0.1) is 0 Å². The molecule has 1 atom stereocenters. The Labute approximate surface area is 231 Å². The van der Waals surface area contributed by atoms with Gasteiger partial charge >= 0.3 is 6.09 Å². The molecule has 1 fully saturated rings. The van der Waals surface area contributed by atoms with Crippen LogP contribution in [-0.4, -0.2) is 80.1 Å². The third-order valence-corrected chi connectivity index (χ3v) is 6.50. The molecule has 222 valence electrons. The van der Waals surface area contributed by atoms with Crippen LogP contribution in [0.3, 0.4) is 0 Å². The van der Waals surface area contributed by atoms with E-state index in [4.69, 9.17) is 9.15 Å². The highest BCUT2D eigenvalue weighted by Crippen LogP contribution is 2.26. The number of aryl methyl sites for hydroxylation is 1. The number of ether oxygens (including phenoxy) is 1. The third kappa shape index (κ3) is 6.69. The molecule has 0 aliphatic carbocycles. The molecule has 1 N–H and O–H groups in total. The molecule has 4 heterocycles. The lowest BCUT2D eigenvalue weighted by Crippen LogP contribution is -2.52. The van der Waals surface area contributed by atoms with Crippen LogP contribution in [0.1, 0.15) is 66.1 Å². The molecule has 3 aromatic rings. The van der Waals surface area contributed by atoms with E-state index in [2.05, 4.69) is 15.5 Å². The molecule has 1 unspecified atom stereocenters. The second kappa shape index (κ2) is 12.4. The SMILES string of the molecule is CCOC(=O)N1CCN(C(=O)C(C)n2cc(NC(=O)c3ccc(Cn4nc(C(F)F)cc4C(F)F)o3)c(C)n2)CC1. The maximum atomic E-state index is 13.3. The van der Waals surface area contributed by atoms with Crippen LogP contribution in [0.4, 0.5) is 28.0 Å². The Balaban J connectivity index is 1.37. The van der Waals surface area contributed by atoms with Crippen LogP contribution in [0.25, 0.3) is 0 Å². The van der Waals surface area contributed by atoms with Crippen LogP contribution in [0.2, 0.25) is 0 Å². The summed E-state index contributed by atoms with van der Waals surface area (Å²) in [6.07, 6.45) is -4.97. The van der Waals surface area contributed by atoms with Crippen molar-refractivity contribution in [2.75, 3.05) is 38.1 Å². The maximum Gasteiger partial charge on any atom is 0.409 e. The molecule has 16 heteroatoms. The highest BCUT2D eigenvalue weighted by atomic mass is 19.3. The highest BCUT2D eigenvalue weighted by molar-refractivity contribution is 6.02. The zero-order valence-electron chi connectivity index (χ0n) is 22.5. The number of rotatable bonds is 9. The zero-order chi connectivity index (χ0) is 29.8. The molecule has 1 saturated heterocycles. The molecule has 4 rings (SSSR count). The molecule has 41 heavy (non-hydrogen) atoms. The summed E-state index contributed by atoms with van der Waals surface area (Å²) in [7, 11) is 0. The fraction of sp³-hybridized carbons (Fsp3) is 0.480. The van der Waals surface area contributed by atoms with Gasteiger partial charge in [-0.1, -0.05) is 0 Å². The summed E-state index contributed by atoms with van der Waals surface area (Å²) >= 11 is 0. The van der Waals surface area contributed by atoms with Gasteiger partial charge in [-0.25, -0.2) is 22.4 Å². The molecule has 0 bridgehead atoms. The summed E-state index contributed by atoms with van der Waals surface area (Å²) in [5, 5.41) is 10.5. The number of amides is 3. The van der Waals surface area contributed by atoms with E-state index in [0.29, 0.717) is 48.3 Å². The van der Waals surface area contributed by atoms with Gasteiger partial charge in [0.25, 0.3) is 18.8 Å². The molecule has 1 aliphatic rings. The van der Waals surface area contributed by atoms with Gasteiger partial charge in [0.1, 0.15) is 23.2 Å². The number of hydrogen-bond donors (Lipinski definition) is 1. The van der Waals surface area contributed by atoms with Gasteiger partial charge in [-0.3, -0.25) is 19.0 Å². The van der Waals surface area contributed by atoms with E-state index in [1.807, 2.05) is 0 Å². The Morgan fingerprint density at radius 3 is 2.37 bits per heavy atom. The Hall–Kier alpha value is -4.37. The third-order valence-electron chi connectivity index (χ3n) is 6.50. The van der Waals surface area contributed by atoms with E-state index in [0.717, 1.165) is 0 Å².